The van der Waals surface area contributed by atoms with Gasteiger partial charge in [0, 0.05) is 38.9 Å². The SMILES string of the molecule is CC1(C)c2ccccc2-c2cc(N(c3ccc4c(c3)C3(c5ccccc5-c5ccccc53)c3ccccc3-4)c3ccc4c(c3)c3ccccc3n4-c3ccccc3)ccc21. The molecule has 0 aliphatic heterocycles. The molecule has 13 rings (SSSR count). The molecule has 282 valence electrons. The minimum absolute atomic E-state index is 0.0809. The maximum Gasteiger partial charge on any atom is 0.0726 e. The number of hydrogen-bond donors (Lipinski definition) is 0. The molecule has 0 saturated carbocycles. The second-order valence-corrected chi connectivity index (χ2v) is 17.2. The van der Waals surface area contributed by atoms with Gasteiger partial charge in [0.15, 0.2) is 0 Å². The van der Waals surface area contributed by atoms with Crippen LogP contribution in [0.25, 0.3) is 60.9 Å². The molecule has 1 spiro atoms. The molecule has 2 nitrogen and oxygen atoms in total. The van der Waals surface area contributed by atoms with E-state index in [0.717, 1.165) is 22.7 Å². The van der Waals surface area contributed by atoms with E-state index in [1.807, 2.05) is 0 Å². The van der Waals surface area contributed by atoms with Gasteiger partial charge in [-0.15, -0.1) is 0 Å². The van der Waals surface area contributed by atoms with Crippen molar-refractivity contribution < 1.29 is 0 Å². The summed E-state index contributed by atoms with van der Waals surface area (Å²) in [4.78, 5) is 2.51. The average molecular weight is 765 g/mol. The molecule has 3 aliphatic carbocycles. The summed E-state index contributed by atoms with van der Waals surface area (Å²) in [6, 6.07) is 77.3. The highest BCUT2D eigenvalue weighted by Gasteiger charge is 2.51. The zero-order chi connectivity index (χ0) is 39.7. The molecule has 0 radical (unpaired) electrons. The van der Waals surface area contributed by atoms with Crippen LogP contribution in [-0.2, 0) is 10.8 Å². The van der Waals surface area contributed by atoms with Gasteiger partial charge in [-0.2, -0.15) is 0 Å². The number of anilines is 3. The molecular formula is C58H40N2. The molecule has 10 aromatic rings. The number of hydrogen-bond acceptors (Lipinski definition) is 1. The van der Waals surface area contributed by atoms with E-state index in [2.05, 4.69) is 230 Å². The van der Waals surface area contributed by atoms with Crippen LogP contribution in [0.3, 0.4) is 0 Å². The normalized spacial score (nSPS) is 14.4. The van der Waals surface area contributed by atoms with Crippen LogP contribution in [0.15, 0.2) is 206 Å². The van der Waals surface area contributed by atoms with Crippen molar-refractivity contribution in [3.05, 3.63) is 240 Å². The Bertz CT molecular complexity index is 3360. The number of benzene rings is 9. The Kier molecular flexibility index (Phi) is 6.74. The summed E-state index contributed by atoms with van der Waals surface area (Å²) in [5.41, 5.74) is 22.5. The van der Waals surface area contributed by atoms with E-state index in [1.54, 1.807) is 0 Å². The molecule has 2 heteroatoms. The Labute approximate surface area is 350 Å². The maximum absolute atomic E-state index is 2.51. The lowest BCUT2D eigenvalue weighted by Gasteiger charge is -2.32. The molecule has 0 bridgehead atoms. The van der Waals surface area contributed by atoms with E-state index in [9.17, 15) is 0 Å². The van der Waals surface area contributed by atoms with E-state index in [0.29, 0.717) is 0 Å². The fourth-order valence-corrected chi connectivity index (χ4v) is 11.5. The highest BCUT2D eigenvalue weighted by molar-refractivity contribution is 6.11. The van der Waals surface area contributed by atoms with Crippen LogP contribution in [0.5, 0.6) is 0 Å². The first kappa shape index (κ1) is 33.5. The summed E-state index contributed by atoms with van der Waals surface area (Å²) in [7, 11) is 0. The van der Waals surface area contributed by atoms with Gasteiger partial charge in [-0.25, -0.2) is 0 Å². The van der Waals surface area contributed by atoms with Gasteiger partial charge in [-0.05, 0) is 127 Å². The molecule has 60 heavy (non-hydrogen) atoms. The summed E-state index contributed by atoms with van der Waals surface area (Å²) in [5.74, 6) is 0. The summed E-state index contributed by atoms with van der Waals surface area (Å²) >= 11 is 0. The number of nitrogens with zero attached hydrogens (tertiary/aromatic N) is 2. The first-order chi connectivity index (χ1) is 29.5. The summed E-state index contributed by atoms with van der Waals surface area (Å²) in [6.45, 7) is 4.72. The van der Waals surface area contributed by atoms with Crippen LogP contribution in [0.1, 0.15) is 47.2 Å². The van der Waals surface area contributed by atoms with Crippen LogP contribution < -0.4 is 4.90 Å². The van der Waals surface area contributed by atoms with E-state index >= 15 is 0 Å². The Balaban J connectivity index is 1.09. The maximum atomic E-state index is 2.51. The Morgan fingerprint density at radius 1 is 0.333 bits per heavy atom. The summed E-state index contributed by atoms with van der Waals surface area (Å²) in [6.07, 6.45) is 0. The van der Waals surface area contributed by atoms with Crippen molar-refractivity contribution in [2.45, 2.75) is 24.7 Å². The second-order valence-electron chi connectivity index (χ2n) is 17.2. The van der Waals surface area contributed by atoms with Gasteiger partial charge in [0.1, 0.15) is 0 Å². The molecule has 0 atom stereocenters. The molecule has 0 amide bonds. The summed E-state index contributed by atoms with van der Waals surface area (Å²) in [5, 5.41) is 2.47. The molecule has 9 aromatic carbocycles. The highest BCUT2D eigenvalue weighted by atomic mass is 15.1. The van der Waals surface area contributed by atoms with E-state index < -0.39 is 5.41 Å². The van der Waals surface area contributed by atoms with Crippen LogP contribution >= 0.6 is 0 Å². The van der Waals surface area contributed by atoms with Gasteiger partial charge >= 0.3 is 0 Å². The van der Waals surface area contributed by atoms with Gasteiger partial charge in [0.05, 0.1) is 16.4 Å². The number of fused-ring (bicyclic) bond motifs is 16. The van der Waals surface area contributed by atoms with Crippen molar-refractivity contribution in [3.8, 4) is 39.1 Å². The number of rotatable bonds is 4. The van der Waals surface area contributed by atoms with Gasteiger partial charge in [-0.1, -0.05) is 159 Å². The van der Waals surface area contributed by atoms with E-state index in [-0.39, 0.29) is 5.41 Å². The van der Waals surface area contributed by atoms with E-state index in [4.69, 9.17) is 0 Å². The van der Waals surface area contributed by atoms with Gasteiger partial charge in [-0.3, -0.25) is 0 Å². The fourth-order valence-electron chi connectivity index (χ4n) is 11.5. The summed E-state index contributed by atoms with van der Waals surface area (Å²) < 4.78 is 2.40. The minimum Gasteiger partial charge on any atom is -0.310 e. The molecule has 0 saturated heterocycles. The van der Waals surface area contributed by atoms with Crippen LogP contribution in [0.2, 0.25) is 0 Å². The first-order valence-electron chi connectivity index (χ1n) is 21.1. The highest BCUT2D eigenvalue weighted by Crippen LogP contribution is 2.63. The predicted octanol–water partition coefficient (Wildman–Crippen LogP) is 14.9. The Hall–Kier alpha value is -7.42. The van der Waals surface area contributed by atoms with E-state index in [1.165, 1.54) is 88.6 Å². The molecule has 0 fully saturated rings. The predicted molar refractivity (Wildman–Crippen MR) is 249 cm³/mol. The number of para-hydroxylation sites is 2. The van der Waals surface area contributed by atoms with Crippen LogP contribution in [-0.4, -0.2) is 4.57 Å². The molecule has 0 unspecified atom stereocenters. The monoisotopic (exact) mass is 764 g/mol. The third kappa shape index (κ3) is 4.27. The largest absolute Gasteiger partial charge is 0.310 e. The lowest BCUT2D eigenvalue weighted by molar-refractivity contribution is 0.660. The van der Waals surface area contributed by atoms with Gasteiger partial charge < -0.3 is 9.47 Å². The molecule has 1 heterocycles. The molecule has 0 N–H and O–H groups in total. The molecular weight excluding hydrogens is 725 g/mol. The Morgan fingerprint density at radius 3 is 1.48 bits per heavy atom. The minimum atomic E-state index is -0.436. The lowest BCUT2D eigenvalue weighted by Crippen LogP contribution is -2.26. The zero-order valence-corrected chi connectivity index (χ0v) is 33.5. The smallest absolute Gasteiger partial charge is 0.0726 e. The standard InChI is InChI=1S/C58H40N2/c1-57(2)49-23-11-6-21-44(49)47-34-38(29-32-50(47)57)59(39-30-33-56-48(35-39)46-22-10-15-27-55(46)60(56)37-16-4-3-5-17-37)40-28-31-45-43-20-9-14-26-53(43)58(54(45)36-40)51-24-12-7-18-41(51)42-19-8-13-25-52(42)58/h3-36H,1-2H3. The lowest BCUT2D eigenvalue weighted by atomic mass is 9.70. The van der Waals surface area contributed by atoms with Crippen molar-refractivity contribution in [1.82, 2.24) is 4.57 Å². The van der Waals surface area contributed by atoms with Crippen LogP contribution in [0, 0.1) is 0 Å². The van der Waals surface area contributed by atoms with Gasteiger partial charge in [0.2, 0.25) is 0 Å². The van der Waals surface area contributed by atoms with Crippen molar-refractivity contribution in [2.75, 3.05) is 4.90 Å². The quantitative estimate of drug-likeness (QED) is 0.173. The van der Waals surface area contributed by atoms with Crippen LogP contribution in [0.4, 0.5) is 17.1 Å². The fraction of sp³-hybridized carbons (Fsp3) is 0.0690. The topological polar surface area (TPSA) is 8.17 Å². The Morgan fingerprint density at radius 2 is 0.800 bits per heavy atom. The van der Waals surface area contributed by atoms with Crippen molar-refractivity contribution in [1.29, 1.82) is 0 Å². The number of aromatic nitrogens is 1. The third-order valence-electron chi connectivity index (χ3n) is 14.0. The van der Waals surface area contributed by atoms with Crippen molar-refractivity contribution >= 4 is 38.9 Å². The first-order valence-corrected chi connectivity index (χ1v) is 21.1. The zero-order valence-electron chi connectivity index (χ0n) is 33.5. The third-order valence-corrected chi connectivity index (χ3v) is 14.0. The second kappa shape index (κ2) is 12.1. The van der Waals surface area contributed by atoms with Gasteiger partial charge in [0.25, 0.3) is 0 Å². The van der Waals surface area contributed by atoms with Crippen molar-refractivity contribution in [2.24, 2.45) is 0 Å². The average Bonchev–Trinajstić information content (AvgIpc) is 3.97. The molecule has 1 aromatic heterocycles. The van der Waals surface area contributed by atoms with Crippen molar-refractivity contribution in [3.63, 3.8) is 0 Å². The molecule has 3 aliphatic rings.